The van der Waals surface area contributed by atoms with Crippen molar-refractivity contribution in [1.82, 2.24) is 29.1 Å². The van der Waals surface area contributed by atoms with Crippen molar-refractivity contribution in [2.45, 2.75) is 0 Å². The molecule has 0 unspecified atom stereocenters. The second-order valence-corrected chi connectivity index (χ2v) is 6.28. The molecule has 4 aromatic heterocycles. The van der Waals surface area contributed by atoms with E-state index >= 15 is 0 Å². The van der Waals surface area contributed by atoms with Gasteiger partial charge in [0.15, 0.2) is 5.65 Å². The van der Waals surface area contributed by atoms with Crippen LogP contribution in [0.3, 0.4) is 0 Å². The second kappa shape index (κ2) is 5.44. The van der Waals surface area contributed by atoms with Gasteiger partial charge in [0.05, 0.1) is 5.39 Å². The van der Waals surface area contributed by atoms with Crippen LogP contribution in [-0.2, 0) is 7.05 Å². The van der Waals surface area contributed by atoms with Gasteiger partial charge in [-0.1, -0.05) is 6.07 Å². The Labute approximate surface area is 144 Å². The first-order valence-corrected chi connectivity index (χ1v) is 8.36. The number of piperazine rings is 1. The highest BCUT2D eigenvalue weighted by Gasteiger charge is 2.22. The van der Waals surface area contributed by atoms with E-state index in [9.17, 15) is 0 Å². The van der Waals surface area contributed by atoms with Crippen LogP contribution >= 0.6 is 0 Å². The van der Waals surface area contributed by atoms with Crippen LogP contribution in [0.2, 0.25) is 0 Å². The highest BCUT2D eigenvalue weighted by molar-refractivity contribution is 5.87. The number of pyridine rings is 1. The van der Waals surface area contributed by atoms with Gasteiger partial charge >= 0.3 is 0 Å². The van der Waals surface area contributed by atoms with Gasteiger partial charge in [-0.2, -0.15) is 0 Å². The van der Waals surface area contributed by atoms with Gasteiger partial charge < -0.3 is 14.4 Å². The van der Waals surface area contributed by atoms with Gasteiger partial charge in [-0.05, 0) is 18.2 Å². The van der Waals surface area contributed by atoms with Gasteiger partial charge in [0.1, 0.15) is 29.9 Å². The van der Waals surface area contributed by atoms with Crippen LogP contribution in [-0.4, -0.2) is 55.3 Å². The third-order valence-corrected chi connectivity index (χ3v) is 4.86. The van der Waals surface area contributed by atoms with Gasteiger partial charge in [0.25, 0.3) is 0 Å². The monoisotopic (exact) mass is 334 g/mol. The van der Waals surface area contributed by atoms with E-state index in [4.69, 9.17) is 0 Å². The molecule has 0 N–H and O–H groups in total. The Hall–Kier alpha value is -3.16. The molecule has 1 aliphatic heterocycles. The third-order valence-electron chi connectivity index (χ3n) is 4.86. The number of nitrogens with zero attached hydrogens (tertiary/aromatic N) is 8. The van der Waals surface area contributed by atoms with Crippen molar-refractivity contribution in [2.24, 2.45) is 7.05 Å². The summed E-state index contributed by atoms with van der Waals surface area (Å²) >= 11 is 0. The number of aryl methyl sites for hydroxylation is 1. The molecule has 4 aromatic rings. The topological polar surface area (TPSA) is 67.4 Å². The zero-order valence-electron chi connectivity index (χ0n) is 13.9. The number of anilines is 2. The molecule has 0 amide bonds. The average molecular weight is 334 g/mol. The van der Waals surface area contributed by atoms with Crippen LogP contribution in [0.1, 0.15) is 0 Å². The molecule has 0 aliphatic carbocycles. The van der Waals surface area contributed by atoms with E-state index in [1.54, 1.807) is 12.7 Å². The van der Waals surface area contributed by atoms with Crippen LogP contribution in [0.5, 0.6) is 0 Å². The summed E-state index contributed by atoms with van der Waals surface area (Å²) in [5, 5.41) is 9.25. The van der Waals surface area contributed by atoms with Crippen LogP contribution in [0, 0.1) is 0 Å². The van der Waals surface area contributed by atoms with E-state index in [1.807, 2.05) is 34.3 Å². The quantitative estimate of drug-likeness (QED) is 0.551. The van der Waals surface area contributed by atoms with Gasteiger partial charge in [-0.3, -0.25) is 4.40 Å². The molecule has 0 atom stereocenters. The van der Waals surface area contributed by atoms with Crippen LogP contribution in [0.25, 0.3) is 16.7 Å². The molecule has 0 spiro atoms. The molecular weight excluding hydrogens is 316 g/mol. The van der Waals surface area contributed by atoms with E-state index in [-0.39, 0.29) is 0 Å². The summed E-state index contributed by atoms with van der Waals surface area (Å²) in [7, 11) is 2.01. The van der Waals surface area contributed by atoms with Gasteiger partial charge in [-0.25, -0.2) is 9.97 Å². The lowest BCUT2D eigenvalue weighted by molar-refractivity contribution is 0.640. The van der Waals surface area contributed by atoms with E-state index in [0.717, 1.165) is 54.5 Å². The molecule has 5 heterocycles. The molecule has 1 saturated heterocycles. The molecule has 1 fully saturated rings. The van der Waals surface area contributed by atoms with Crippen molar-refractivity contribution < 1.29 is 0 Å². The van der Waals surface area contributed by atoms with Crippen LogP contribution in [0.4, 0.5) is 11.6 Å². The molecule has 0 aromatic carbocycles. The summed E-state index contributed by atoms with van der Waals surface area (Å²) in [6, 6.07) is 8.21. The van der Waals surface area contributed by atoms with Crippen LogP contribution < -0.4 is 9.80 Å². The van der Waals surface area contributed by atoms with Crippen LogP contribution in [0.15, 0.2) is 43.1 Å². The summed E-state index contributed by atoms with van der Waals surface area (Å²) in [6.45, 7) is 3.68. The van der Waals surface area contributed by atoms with E-state index in [1.165, 1.54) is 0 Å². The summed E-state index contributed by atoms with van der Waals surface area (Å²) in [5.74, 6) is 2.16. The molecule has 0 radical (unpaired) electrons. The first-order chi connectivity index (χ1) is 12.3. The summed E-state index contributed by atoms with van der Waals surface area (Å²) in [6.07, 6.45) is 5.46. The Balaban J connectivity index is 1.42. The fraction of sp³-hybridized carbons (Fsp3) is 0.294. The average Bonchev–Trinajstić information content (AvgIpc) is 3.28. The van der Waals surface area contributed by atoms with Gasteiger partial charge in [0.2, 0.25) is 0 Å². The Kier molecular flexibility index (Phi) is 3.09. The first kappa shape index (κ1) is 14.2. The number of hydrogen-bond acceptors (Lipinski definition) is 6. The first-order valence-electron chi connectivity index (χ1n) is 8.36. The van der Waals surface area contributed by atoms with E-state index < -0.39 is 0 Å². The van der Waals surface area contributed by atoms with Crippen molar-refractivity contribution in [3.05, 3.63) is 43.1 Å². The minimum Gasteiger partial charge on any atom is -0.354 e. The van der Waals surface area contributed by atoms with Gasteiger partial charge in [-0.15, -0.1) is 10.2 Å². The SMILES string of the molecule is Cn1ccc2c(N3CCN(c4cccc5nncn45)CC3)ncnc21. The Morgan fingerprint density at radius 1 is 0.960 bits per heavy atom. The van der Waals surface area contributed by atoms with Crippen molar-refractivity contribution in [3.8, 4) is 0 Å². The predicted octanol–water partition coefficient (Wildman–Crippen LogP) is 1.34. The molecule has 8 nitrogen and oxygen atoms in total. The smallest absolute Gasteiger partial charge is 0.162 e. The van der Waals surface area contributed by atoms with Crippen molar-refractivity contribution in [2.75, 3.05) is 36.0 Å². The molecule has 126 valence electrons. The lowest BCUT2D eigenvalue weighted by Gasteiger charge is -2.36. The van der Waals surface area contributed by atoms with Crippen molar-refractivity contribution in [1.29, 1.82) is 0 Å². The third kappa shape index (κ3) is 2.21. The normalized spacial score (nSPS) is 15.4. The minimum atomic E-state index is 0.877. The zero-order valence-corrected chi connectivity index (χ0v) is 13.9. The Morgan fingerprint density at radius 3 is 2.68 bits per heavy atom. The molecular formula is C17H18N8. The predicted molar refractivity (Wildman–Crippen MR) is 95.9 cm³/mol. The number of hydrogen-bond donors (Lipinski definition) is 0. The van der Waals surface area contributed by atoms with E-state index in [2.05, 4.69) is 42.1 Å². The standard InChI is InChI=1S/C17H18N8/c1-22-6-5-13-16(22)18-11-19-17(13)24-9-7-23(8-10-24)15-4-2-3-14-21-20-12-25(14)15/h2-6,11-12H,7-10H2,1H3. The fourth-order valence-electron chi connectivity index (χ4n) is 3.56. The number of aromatic nitrogens is 6. The maximum atomic E-state index is 4.54. The van der Waals surface area contributed by atoms with Gasteiger partial charge in [0, 0.05) is 39.4 Å². The Morgan fingerprint density at radius 2 is 1.80 bits per heavy atom. The molecule has 0 bridgehead atoms. The molecule has 8 heteroatoms. The highest BCUT2D eigenvalue weighted by Crippen LogP contribution is 2.25. The molecule has 5 rings (SSSR count). The van der Waals surface area contributed by atoms with E-state index in [0.29, 0.717) is 0 Å². The highest BCUT2D eigenvalue weighted by atomic mass is 15.3. The fourth-order valence-corrected chi connectivity index (χ4v) is 3.56. The summed E-state index contributed by atoms with van der Waals surface area (Å²) in [4.78, 5) is 13.6. The maximum absolute atomic E-state index is 4.54. The van der Waals surface area contributed by atoms with Crippen molar-refractivity contribution in [3.63, 3.8) is 0 Å². The minimum absolute atomic E-state index is 0.877. The molecule has 1 aliphatic rings. The lowest BCUT2D eigenvalue weighted by atomic mass is 10.2. The van der Waals surface area contributed by atoms with Crippen molar-refractivity contribution >= 4 is 28.3 Å². The number of fused-ring (bicyclic) bond motifs is 2. The maximum Gasteiger partial charge on any atom is 0.162 e. The molecule has 0 saturated carbocycles. The lowest BCUT2D eigenvalue weighted by Crippen LogP contribution is -2.47. The summed E-state index contributed by atoms with van der Waals surface area (Å²) < 4.78 is 4.07. The zero-order chi connectivity index (χ0) is 16.8. The summed E-state index contributed by atoms with van der Waals surface area (Å²) in [5.41, 5.74) is 1.85. The second-order valence-electron chi connectivity index (χ2n) is 6.28. The Bertz CT molecular complexity index is 1040. The number of rotatable bonds is 2. The molecule has 25 heavy (non-hydrogen) atoms. The largest absolute Gasteiger partial charge is 0.354 e.